The van der Waals surface area contributed by atoms with Crippen LogP contribution in [0.1, 0.15) is 40.8 Å². The molecule has 4 heterocycles. The molecule has 3 atom stereocenters. The van der Waals surface area contributed by atoms with Crippen LogP contribution in [0.15, 0.2) is 41.3 Å². The number of hydrogen-bond acceptors (Lipinski definition) is 8. The molecule has 12 heteroatoms. The lowest BCUT2D eigenvalue weighted by Gasteiger charge is -2.28. The van der Waals surface area contributed by atoms with E-state index in [9.17, 15) is 14.4 Å². The van der Waals surface area contributed by atoms with Gasteiger partial charge in [-0.15, -0.1) is 6.42 Å². The third-order valence-corrected chi connectivity index (χ3v) is 8.35. The summed E-state index contributed by atoms with van der Waals surface area (Å²) in [4.78, 5) is 55.0. The highest BCUT2D eigenvalue weighted by Gasteiger charge is 2.46. The molecule has 1 aliphatic heterocycles. The van der Waals surface area contributed by atoms with Gasteiger partial charge < -0.3 is 15.5 Å². The van der Waals surface area contributed by atoms with E-state index in [-0.39, 0.29) is 35.8 Å². The molecular formula is C32H33BrN8O3. The minimum absolute atomic E-state index is 0.149. The Labute approximate surface area is 264 Å². The summed E-state index contributed by atoms with van der Waals surface area (Å²) in [6.45, 7) is 7.32. The summed E-state index contributed by atoms with van der Waals surface area (Å²) in [6, 6.07) is 6.00. The predicted octanol–water partition coefficient (Wildman–Crippen LogP) is 3.86. The first-order chi connectivity index (χ1) is 21.0. The van der Waals surface area contributed by atoms with Crippen molar-refractivity contribution >= 4 is 50.2 Å². The van der Waals surface area contributed by atoms with E-state index in [0.29, 0.717) is 40.1 Å². The molecule has 3 aromatic heterocycles. The molecule has 2 amide bonds. The van der Waals surface area contributed by atoms with Gasteiger partial charge in [-0.25, -0.2) is 15.0 Å². The number of carbonyl (C=O) groups excluding carboxylic acids is 3. The van der Waals surface area contributed by atoms with Gasteiger partial charge in [0.25, 0.3) is 0 Å². The van der Waals surface area contributed by atoms with Gasteiger partial charge in [-0.2, -0.15) is 5.10 Å². The van der Waals surface area contributed by atoms with Crippen molar-refractivity contribution in [1.82, 2.24) is 34.9 Å². The van der Waals surface area contributed by atoms with Crippen LogP contribution in [-0.4, -0.2) is 72.9 Å². The topological polar surface area (TPSA) is 135 Å². The Morgan fingerprint density at radius 3 is 2.48 bits per heavy atom. The average Bonchev–Trinajstić information content (AvgIpc) is 3.54. The SMILES string of the molecule is C#C[C@@H]1C(CNC)C[C@@H](C(=O)Nc2nc(Br)ccc2C)N1C(=O)Cn1nc(C(C)=O)c2cc(-c3cnc(C)nc3)cc(C)c21. The number of terminal acetylenes is 1. The third-order valence-electron chi connectivity index (χ3n) is 7.91. The van der Waals surface area contributed by atoms with Crippen LogP contribution in [0, 0.1) is 39.0 Å². The zero-order valence-electron chi connectivity index (χ0n) is 25.2. The monoisotopic (exact) mass is 656 g/mol. The molecule has 4 aromatic rings. The number of rotatable bonds is 8. The normalized spacial score (nSPS) is 17.9. The van der Waals surface area contributed by atoms with E-state index in [1.54, 1.807) is 25.5 Å². The zero-order valence-corrected chi connectivity index (χ0v) is 26.8. The molecule has 0 bridgehead atoms. The van der Waals surface area contributed by atoms with Crippen LogP contribution in [0.2, 0.25) is 0 Å². The molecule has 11 nitrogen and oxygen atoms in total. The number of Topliss-reactive ketones (excluding diaryl/α,β-unsaturated/α-hetero) is 1. The Kier molecular flexibility index (Phi) is 8.90. The zero-order chi connectivity index (χ0) is 31.7. The number of nitrogens with zero attached hydrogens (tertiary/aromatic N) is 6. The molecule has 0 radical (unpaired) electrons. The van der Waals surface area contributed by atoms with E-state index >= 15 is 0 Å². The van der Waals surface area contributed by atoms with Crippen molar-refractivity contribution in [2.75, 3.05) is 18.9 Å². The third kappa shape index (κ3) is 5.98. The predicted molar refractivity (Wildman–Crippen MR) is 171 cm³/mol. The van der Waals surface area contributed by atoms with Crippen molar-refractivity contribution in [3.8, 4) is 23.5 Å². The van der Waals surface area contributed by atoms with Crippen LogP contribution in [-0.2, 0) is 16.1 Å². The first kappa shape index (κ1) is 31.0. The minimum atomic E-state index is -0.828. The van der Waals surface area contributed by atoms with Crippen molar-refractivity contribution in [3.63, 3.8) is 0 Å². The Morgan fingerprint density at radius 2 is 1.82 bits per heavy atom. The van der Waals surface area contributed by atoms with E-state index in [2.05, 4.69) is 52.5 Å². The number of nitrogens with one attached hydrogen (secondary N) is 2. The van der Waals surface area contributed by atoms with Gasteiger partial charge in [0, 0.05) is 42.7 Å². The van der Waals surface area contributed by atoms with Crippen molar-refractivity contribution in [2.24, 2.45) is 5.92 Å². The highest BCUT2D eigenvalue weighted by Crippen LogP contribution is 2.33. The summed E-state index contributed by atoms with van der Waals surface area (Å²) < 4.78 is 2.11. The van der Waals surface area contributed by atoms with Gasteiger partial charge in [-0.3, -0.25) is 19.1 Å². The molecule has 0 aliphatic carbocycles. The first-order valence-electron chi connectivity index (χ1n) is 14.2. The fraction of sp³-hybridized carbons (Fsp3) is 0.344. The Balaban J connectivity index is 1.51. The van der Waals surface area contributed by atoms with Gasteiger partial charge in [0.1, 0.15) is 34.5 Å². The van der Waals surface area contributed by atoms with E-state index < -0.39 is 12.1 Å². The maximum atomic E-state index is 14.1. The van der Waals surface area contributed by atoms with Crippen LogP contribution in [0.4, 0.5) is 5.82 Å². The van der Waals surface area contributed by atoms with Gasteiger partial charge in [0.2, 0.25) is 11.8 Å². The second kappa shape index (κ2) is 12.6. The molecule has 2 N–H and O–H groups in total. The number of benzene rings is 1. The summed E-state index contributed by atoms with van der Waals surface area (Å²) in [5.74, 6) is 2.68. The lowest BCUT2D eigenvalue weighted by Crippen LogP contribution is -2.48. The van der Waals surface area contributed by atoms with Crippen molar-refractivity contribution in [2.45, 2.75) is 52.7 Å². The molecule has 226 valence electrons. The Morgan fingerprint density at radius 1 is 1.09 bits per heavy atom. The summed E-state index contributed by atoms with van der Waals surface area (Å²) >= 11 is 3.35. The summed E-state index contributed by atoms with van der Waals surface area (Å²) in [5, 5.41) is 11.2. The number of aromatic nitrogens is 5. The van der Waals surface area contributed by atoms with Crippen LogP contribution in [0.25, 0.3) is 22.0 Å². The molecule has 1 unspecified atom stereocenters. The maximum Gasteiger partial charge on any atom is 0.248 e. The molecule has 0 saturated carbocycles. The second-order valence-corrected chi connectivity index (χ2v) is 11.9. The molecule has 1 aromatic carbocycles. The maximum absolute atomic E-state index is 14.1. The number of likely N-dealkylation sites (tertiary alicyclic amines) is 1. The molecule has 1 saturated heterocycles. The van der Waals surface area contributed by atoms with E-state index in [1.165, 1.54) is 16.5 Å². The largest absolute Gasteiger partial charge is 0.319 e. The fourth-order valence-corrected chi connectivity index (χ4v) is 6.15. The van der Waals surface area contributed by atoms with Gasteiger partial charge in [0.15, 0.2) is 5.78 Å². The highest BCUT2D eigenvalue weighted by molar-refractivity contribution is 9.10. The van der Waals surface area contributed by atoms with Crippen LogP contribution in [0.3, 0.4) is 0 Å². The van der Waals surface area contributed by atoms with Gasteiger partial charge in [-0.1, -0.05) is 12.0 Å². The molecule has 1 aliphatic rings. The molecule has 44 heavy (non-hydrogen) atoms. The van der Waals surface area contributed by atoms with Crippen LogP contribution < -0.4 is 10.6 Å². The standard InChI is InChI=1S/C32H33BrN8O3/c1-7-25-22(13-34-6)12-26(32(44)38-31-17(2)8-9-27(33)37-31)41(25)28(43)16-40-30-18(3)10-21(23-14-35-20(5)36-15-23)11-24(30)29(39-40)19(4)42/h1,8-11,14-15,22,25-26,34H,12-13,16H2,2-6H3,(H,37,38,44)/t22?,25-,26+/m1/s1. The van der Waals surface area contributed by atoms with Gasteiger partial charge >= 0.3 is 0 Å². The number of pyridine rings is 1. The summed E-state index contributed by atoms with van der Waals surface area (Å²) in [5.41, 5.74) is 4.13. The smallest absolute Gasteiger partial charge is 0.248 e. The average molecular weight is 658 g/mol. The fourth-order valence-electron chi connectivity index (χ4n) is 5.84. The minimum Gasteiger partial charge on any atom is -0.319 e. The number of aryl methyl sites for hydroxylation is 3. The van der Waals surface area contributed by atoms with Crippen molar-refractivity contribution < 1.29 is 14.4 Å². The van der Waals surface area contributed by atoms with E-state index in [4.69, 9.17) is 6.42 Å². The molecule has 0 spiro atoms. The first-order valence-corrected chi connectivity index (χ1v) is 15.0. The summed E-state index contributed by atoms with van der Waals surface area (Å²) in [7, 11) is 1.81. The van der Waals surface area contributed by atoms with Gasteiger partial charge in [-0.05, 0) is 85.1 Å². The number of hydrogen-bond donors (Lipinski definition) is 2. The molecule has 1 fully saturated rings. The highest BCUT2D eigenvalue weighted by atomic mass is 79.9. The second-order valence-electron chi connectivity index (χ2n) is 11.0. The number of ketones is 1. The Bertz CT molecular complexity index is 1810. The van der Waals surface area contributed by atoms with Crippen LogP contribution >= 0.6 is 15.9 Å². The van der Waals surface area contributed by atoms with Crippen molar-refractivity contribution in [3.05, 3.63) is 63.9 Å². The number of amides is 2. The van der Waals surface area contributed by atoms with Crippen molar-refractivity contribution in [1.29, 1.82) is 0 Å². The number of halogens is 1. The number of anilines is 1. The van der Waals surface area contributed by atoms with E-state index in [0.717, 1.165) is 22.3 Å². The lowest BCUT2D eigenvalue weighted by molar-refractivity contribution is -0.138. The number of carbonyl (C=O) groups is 3. The molecular weight excluding hydrogens is 624 g/mol. The van der Waals surface area contributed by atoms with Gasteiger partial charge in [0.05, 0.1) is 11.6 Å². The Hall–Kier alpha value is -4.47. The lowest BCUT2D eigenvalue weighted by atomic mass is 9.99. The van der Waals surface area contributed by atoms with Crippen LogP contribution in [0.5, 0.6) is 0 Å². The molecule has 5 rings (SSSR count). The number of fused-ring (bicyclic) bond motifs is 1. The quantitative estimate of drug-likeness (QED) is 0.166. The summed E-state index contributed by atoms with van der Waals surface area (Å²) in [6.07, 6.45) is 9.81. The van der Waals surface area contributed by atoms with E-state index in [1.807, 2.05) is 39.0 Å².